The molecule has 3 atom stereocenters. The van der Waals surface area contributed by atoms with E-state index in [4.69, 9.17) is 14.6 Å². The molecule has 29 heavy (non-hydrogen) atoms. The van der Waals surface area contributed by atoms with Crippen LogP contribution in [0.15, 0.2) is 48.5 Å². The zero-order valence-corrected chi connectivity index (χ0v) is 16.8. The van der Waals surface area contributed by atoms with Gasteiger partial charge in [0.25, 0.3) is 0 Å². The summed E-state index contributed by atoms with van der Waals surface area (Å²) in [6.45, 7) is 4.24. The molecule has 0 aliphatic carbocycles. The highest BCUT2D eigenvalue weighted by Gasteiger charge is 2.33. The van der Waals surface area contributed by atoms with E-state index < -0.39 is 5.97 Å². The number of carbonyl (C=O) groups excluding carboxylic acids is 1. The van der Waals surface area contributed by atoms with E-state index in [0.717, 1.165) is 24.0 Å². The summed E-state index contributed by atoms with van der Waals surface area (Å²) in [7, 11) is 0. The third-order valence-corrected chi connectivity index (χ3v) is 5.17. The molecule has 0 radical (unpaired) electrons. The Balaban J connectivity index is 1.64. The summed E-state index contributed by atoms with van der Waals surface area (Å²) in [4.78, 5) is 23.6. The summed E-state index contributed by atoms with van der Waals surface area (Å²) in [6.07, 6.45) is 1.42. The summed E-state index contributed by atoms with van der Waals surface area (Å²) >= 11 is 0. The topological polar surface area (TPSA) is 84.9 Å². The van der Waals surface area contributed by atoms with E-state index in [2.05, 4.69) is 5.32 Å². The Labute approximate surface area is 170 Å². The van der Waals surface area contributed by atoms with Gasteiger partial charge < -0.3 is 19.9 Å². The molecule has 1 heterocycles. The molecule has 0 saturated carbocycles. The molecule has 1 fully saturated rings. The van der Waals surface area contributed by atoms with Gasteiger partial charge in [-0.1, -0.05) is 42.0 Å². The second-order valence-corrected chi connectivity index (χ2v) is 7.43. The largest absolute Gasteiger partial charge is 0.482 e. The summed E-state index contributed by atoms with van der Waals surface area (Å²) in [6, 6.07) is 15.0. The molecule has 0 spiro atoms. The van der Waals surface area contributed by atoms with Crippen molar-refractivity contribution in [3.05, 3.63) is 65.2 Å². The molecular weight excluding hydrogens is 370 g/mol. The number of hydrogen-bond acceptors (Lipinski definition) is 4. The van der Waals surface area contributed by atoms with Gasteiger partial charge in [-0.25, -0.2) is 4.79 Å². The highest BCUT2D eigenvalue weighted by Crippen LogP contribution is 2.34. The van der Waals surface area contributed by atoms with Crippen molar-refractivity contribution < 1.29 is 24.2 Å². The quantitative estimate of drug-likeness (QED) is 0.742. The molecule has 2 N–H and O–H groups in total. The van der Waals surface area contributed by atoms with Crippen LogP contribution in [0, 0.1) is 12.8 Å². The van der Waals surface area contributed by atoms with Gasteiger partial charge in [-0.3, -0.25) is 4.79 Å². The minimum absolute atomic E-state index is 0.0195. The molecule has 154 valence electrons. The Morgan fingerprint density at radius 1 is 1.17 bits per heavy atom. The molecule has 6 nitrogen and oxygen atoms in total. The van der Waals surface area contributed by atoms with Crippen molar-refractivity contribution in [2.45, 2.75) is 38.8 Å². The predicted octanol–water partition coefficient (Wildman–Crippen LogP) is 3.80. The first-order valence-electron chi connectivity index (χ1n) is 9.87. The normalized spacial score (nSPS) is 19.9. The number of hydrogen-bond donors (Lipinski definition) is 2. The van der Waals surface area contributed by atoms with Crippen molar-refractivity contribution in [2.24, 2.45) is 5.92 Å². The first-order chi connectivity index (χ1) is 13.9. The Hall–Kier alpha value is -2.86. The Morgan fingerprint density at radius 2 is 1.86 bits per heavy atom. The number of rotatable bonds is 7. The zero-order valence-electron chi connectivity index (χ0n) is 16.8. The average molecular weight is 397 g/mol. The Morgan fingerprint density at radius 3 is 2.52 bits per heavy atom. The van der Waals surface area contributed by atoms with Gasteiger partial charge in [0.1, 0.15) is 5.75 Å². The van der Waals surface area contributed by atoms with Gasteiger partial charge in [-0.15, -0.1) is 0 Å². The molecule has 1 aliphatic rings. The van der Waals surface area contributed by atoms with E-state index >= 15 is 0 Å². The van der Waals surface area contributed by atoms with Crippen LogP contribution in [0.25, 0.3) is 0 Å². The number of carboxylic acids is 1. The number of ether oxygens (including phenoxy) is 2. The van der Waals surface area contributed by atoms with E-state index in [1.54, 1.807) is 12.1 Å². The highest BCUT2D eigenvalue weighted by atomic mass is 16.5. The summed E-state index contributed by atoms with van der Waals surface area (Å²) < 4.78 is 11.1. The maximum atomic E-state index is 13.0. The SMILES string of the molecule is Cc1ccc(C2OCCCC2C(=O)NC(C)c2ccc(OCC(=O)O)cc2)cc1. The maximum absolute atomic E-state index is 13.0. The minimum Gasteiger partial charge on any atom is -0.482 e. The first-order valence-corrected chi connectivity index (χ1v) is 9.87. The maximum Gasteiger partial charge on any atom is 0.341 e. The fourth-order valence-corrected chi connectivity index (χ4v) is 3.54. The Kier molecular flexibility index (Phi) is 6.88. The molecule has 3 unspecified atom stereocenters. The number of aryl methyl sites for hydroxylation is 1. The van der Waals surface area contributed by atoms with Crippen LogP contribution in [0.2, 0.25) is 0 Å². The predicted molar refractivity (Wildman–Crippen MR) is 109 cm³/mol. The lowest BCUT2D eigenvalue weighted by Gasteiger charge is -2.32. The third-order valence-electron chi connectivity index (χ3n) is 5.17. The van der Waals surface area contributed by atoms with Crippen molar-refractivity contribution in [3.63, 3.8) is 0 Å². The number of carbonyl (C=O) groups is 2. The van der Waals surface area contributed by atoms with Gasteiger partial charge in [0.2, 0.25) is 5.91 Å². The fourth-order valence-electron chi connectivity index (χ4n) is 3.54. The molecule has 0 bridgehead atoms. The number of amides is 1. The fraction of sp³-hybridized carbons (Fsp3) is 0.391. The van der Waals surface area contributed by atoms with Crippen LogP contribution in [0.3, 0.4) is 0 Å². The lowest BCUT2D eigenvalue weighted by Crippen LogP contribution is -2.38. The second kappa shape index (κ2) is 9.56. The van der Waals surface area contributed by atoms with E-state index in [1.165, 1.54) is 5.56 Å². The number of carboxylic acid groups (broad SMARTS) is 1. The number of nitrogens with one attached hydrogen (secondary N) is 1. The molecule has 3 rings (SSSR count). The van der Waals surface area contributed by atoms with E-state index in [0.29, 0.717) is 12.4 Å². The Bertz CT molecular complexity index is 831. The third kappa shape index (κ3) is 5.57. The molecule has 6 heteroatoms. The van der Waals surface area contributed by atoms with Gasteiger partial charge in [-0.05, 0) is 49.9 Å². The molecule has 1 amide bonds. The van der Waals surface area contributed by atoms with Crippen LogP contribution in [0.4, 0.5) is 0 Å². The molecular formula is C23H27NO5. The van der Waals surface area contributed by atoms with Gasteiger partial charge in [0, 0.05) is 6.61 Å². The van der Waals surface area contributed by atoms with Gasteiger partial charge >= 0.3 is 5.97 Å². The van der Waals surface area contributed by atoms with Crippen molar-refractivity contribution in [2.75, 3.05) is 13.2 Å². The molecule has 1 aliphatic heterocycles. The van der Waals surface area contributed by atoms with Crippen LogP contribution in [-0.2, 0) is 14.3 Å². The van der Waals surface area contributed by atoms with Gasteiger partial charge in [0.05, 0.1) is 18.1 Å². The van der Waals surface area contributed by atoms with Crippen LogP contribution < -0.4 is 10.1 Å². The van der Waals surface area contributed by atoms with Crippen molar-refractivity contribution in [3.8, 4) is 5.75 Å². The van der Waals surface area contributed by atoms with Crippen LogP contribution >= 0.6 is 0 Å². The molecule has 2 aromatic carbocycles. The van der Waals surface area contributed by atoms with Crippen LogP contribution in [0.5, 0.6) is 5.75 Å². The van der Waals surface area contributed by atoms with E-state index in [1.807, 2.05) is 50.2 Å². The second-order valence-electron chi connectivity index (χ2n) is 7.43. The summed E-state index contributed by atoms with van der Waals surface area (Å²) in [5, 5.41) is 11.8. The van der Waals surface area contributed by atoms with E-state index in [9.17, 15) is 9.59 Å². The average Bonchev–Trinajstić information content (AvgIpc) is 2.73. The standard InChI is InChI=1S/C23H27NO5/c1-15-5-7-18(8-6-15)22-20(4-3-13-28-22)23(27)24-16(2)17-9-11-19(12-10-17)29-14-21(25)26/h5-12,16,20,22H,3-4,13-14H2,1-2H3,(H,24,27)(H,25,26). The van der Waals surface area contributed by atoms with Crippen LogP contribution in [-0.4, -0.2) is 30.2 Å². The monoisotopic (exact) mass is 397 g/mol. The van der Waals surface area contributed by atoms with E-state index in [-0.39, 0.29) is 30.6 Å². The molecule has 1 saturated heterocycles. The van der Waals surface area contributed by atoms with Crippen LogP contribution in [0.1, 0.15) is 48.6 Å². The van der Waals surface area contributed by atoms with Crippen molar-refractivity contribution in [1.82, 2.24) is 5.32 Å². The summed E-state index contributed by atoms with van der Waals surface area (Å²) in [5.41, 5.74) is 3.13. The summed E-state index contributed by atoms with van der Waals surface area (Å²) in [5.74, 6) is -0.789. The number of benzene rings is 2. The number of aliphatic carboxylic acids is 1. The molecule has 2 aromatic rings. The lowest BCUT2D eigenvalue weighted by atomic mass is 9.88. The van der Waals surface area contributed by atoms with Gasteiger partial charge in [0.15, 0.2) is 6.61 Å². The zero-order chi connectivity index (χ0) is 20.8. The van der Waals surface area contributed by atoms with Crippen molar-refractivity contribution >= 4 is 11.9 Å². The smallest absolute Gasteiger partial charge is 0.341 e. The lowest BCUT2D eigenvalue weighted by molar-refractivity contribution is -0.139. The highest BCUT2D eigenvalue weighted by molar-refractivity contribution is 5.80. The first kappa shape index (κ1) is 20.9. The minimum atomic E-state index is -1.02. The molecule has 0 aromatic heterocycles. The van der Waals surface area contributed by atoms with Gasteiger partial charge in [-0.2, -0.15) is 0 Å². The van der Waals surface area contributed by atoms with Crippen molar-refractivity contribution in [1.29, 1.82) is 0 Å².